The SMILES string of the molecule is COC(=O)c1ccc(N2C(=O)NC(=O)/C(=C\c3ccc(Oc4ccc(C(F)(F)F)cc4[N+](=O)[O-])cc3)C2=O)cc1. The van der Waals surface area contributed by atoms with Crippen LogP contribution in [0.1, 0.15) is 21.5 Å². The molecule has 3 aromatic rings. The van der Waals surface area contributed by atoms with Crippen LogP contribution in [-0.4, -0.2) is 35.8 Å². The number of esters is 1. The van der Waals surface area contributed by atoms with Gasteiger partial charge in [-0.25, -0.2) is 14.5 Å². The Morgan fingerprint density at radius 1 is 1.00 bits per heavy atom. The normalized spacial score (nSPS) is 14.7. The van der Waals surface area contributed by atoms with Crippen LogP contribution in [0.4, 0.5) is 29.3 Å². The lowest BCUT2D eigenvalue weighted by molar-refractivity contribution is -0.385. The molecule has 14 heteroatoms. The topological polar surface area (TPSA) is 145 Å². The number of rotatable bonds is 6. The molecule has 1 N–H and O–H groups in total. The summed E-state index contributed by atoms with van der Waals surface area (Å²) in [6.45, 7) is 0. The largest absolute Gasteiger partial charge is 0.465 e. The third kappa shape index (κ3) is 5.65. The highest BCUT2D eigenvalue weighted by molar-refractivity contribution is 6.39. The molecule has 1 aliphatic heterocycles. The van der Waals surface area contributed by atoms with E-state index in [1.54, 1.807) is 0 Å². The van der Waals surface area contributed by atoms with Crippen molar-refractivity contribution in [3.63, 3.8) is 0 Å². The van der Waals surface area contributed by atoms with E-state index in [9.17, 15) is 42.5 Å². The minimum absolute atomic E-state index is 0.0203. The molecule has 0 saturated carbocycles. The first-order valence-corrected chi connectivity index (χ1v) is 11.1. The molecule has 3 aromatic carbocycles. The van der Waals surface area contributed by atoms with E-state index < -0.39 is 57.5 Å². The number of urea groups is 1. The van der Waals surface area contributed by atoms with Crippen LogP contribution in [-0.2, 0) is 20.5 Å². The molecule has 1 heterocycles. The number of carbonyl (C=O) groups excluding carboxylic acids is 4. The zero-order chi connectivity index (χ0) is 29.2. The fourth-order valence-electron chi connectivity index (χ4n) is 3.60. The molecular weight excluding hydrogens is 539 g/mol. The van der Waals surface area contributed by atoms with Gasteiger partial charge in [-0.2, -0.15) is 13.2 Å². The zero-order valence-corrected chi connectivity index (χ0v) is 20.2. The van der Waals surface area contributed by atoms with Crippen molar-refractivity contribution < 1.29 is 46.7 Å². The average molecular weight is 555 g/mol. The van der Waals surface area contributed by atoms with E-state index in [0.29, 0.717) is 22.6 Å². The fourth-order valence-corrected chi connectivity index (χ4v) is 3.60. The molecule has 1 fully saturated rings. The van der Waals surface area contributed by atoms with E-state index in [2.05, 4.69) is 10.1 Å². The van der Waals surface area contributed by atoms with Gasteiger partial charge in [-0.05, 0) is 60.2 Å². The summed E-state index contributed by atoms with van der Waals surface area (Å²) in [6.07, 6.45) is -3.60. The third-order valence-electron chi connectivity index (χ3n) is 5.55. The molecule has 0 spiro atoms. The van der Waals surface area contributed by atoms with Gasteiger partial charge in [0, 0.05) is 6.07 Å². The molecule has 1 saturated heterocycles. The number of halogens is 3. The number of benzene rings is 3. The van der Waals surface area contributed by atoms with Gasteiger partial charge in [-0.1, -0.05) is 12.1 Å². The Morgan fingerprint density at radius 3 is 2.23 bits per heavy atom. The molecule has 4 amide bonds. The first-order chi connectivity index (χ1) is 18.9. The van der Waals surface area contributed by atoms with Gasteiger partial charge in [0.15, 0.2) is 0 Å². The van der Waals surface area contributed by atoms with Crippen molar-refractivity contribution in [3.8, 4) is 11.5 Å². The summed E-state index contributed by atoms with van der Waals surface area (Å²) in [4.78, 5) is 60.4. The Balaban J connectivity index is 1.57. The number of alkyl halides is 3. The van der Waals surface area contributed by atoms with Gasteiger partial charge in [0.1, 0.15) is 11.3 Å². The Kier molecular flexibility index (Phi) is 7.35. The molecular formula is C26H16F3N3O8. The second kappa shape index (κ2) is 10.7. The van der Waals surface area contributed by atoms with Crippen molar-refractivity contribution in [1.29, 1.82) is 0 Å². The average Bonchev–Trinajstić information content (AvgIpc) is 2.91. The molecule has 0 aliphatic carbocycles. The number of methoxy groups -OCH3 is 1. The number of carbonyl (C=O) groups is 4. The summed E-state index contributed by atoms with van der Waals surface area (Å²) in [5.41, 5.74) is -1.96. The number of anilines is 1. The maximum Gasteiger partial charge on any atom is 0.416 e. The van der Waals surface area contributed by atoms with Gasteiger partial charge in [0.25, 0.3) is 11.8 Å². The van der Waals surface area contributed by atoms with Crippen LogP contribution in [0, 0.1) is 10.1 Å². The number of amides is 4. The van der Waals surface area contributed by atoms with Gasteiger partial charge in [0.2, 0.25) is 5.75 Å². The molecule has 0 bridgehead atoms. The van der Waals surface area contributed by atoms with Crippen molar-refractivity contribution in [1.82, 2.24) is 5.32 Å². The fraction of sp³-hybridized carbons (Fsp3) is 0.0769. The van der Waals surface area contributed by atoms with Gasteiger partial charge < -0.3 is 9.47 Å². The third-order valence-corrected chi connectivity index (χ3v) is 5.55. The molecule has 40 heavy (non-hydrogen) atoms. The molecule has 4 rings (SSSR count). The van der Waals surface area contributed by atoms with E-state index in [4.69, 9.17) is 4.74 Å². The molecule has 1 aliphatic rings. The number of ether oxygens (including phenoxy) is 2. The minimum atomic E-state index is -4.78. The van der Waals surface area contributed by atoms with Crippen molar-refractivity contribution in [2.75, 3.05) is 12.0 Å². The summed E-state index contributed by atoms with van der Waals surface area (Å²) in [6, 6.07) is 11.5. The Morgan fingerprint density at radius 2 is 1.65 bits per heavy atom. The summed E-state index contributed by atoms with van der Waals surface area (Å²) in [5, 5.41) is 13.3. The van der Waals surface area contributed by atoms with Crippen molar-refractivity contribution in [3.05, 3.63) is 99.1 Å². The summed E-state index contributed by atoms with van der Waals surface area (Å²) in [5.74, 6) is -2.94. The highest BCUT2D eigenvalue weighted by Crippen LogP contribution is 2.38. The van der Waals surface area contributed by atoms with Crippen LogP contribution in [0.3, 0.4) is 0 Å². The standard InChI is InChI=1S/C26H16F3N3O8/c1-39-24(35)15-4-7-17(8-5-15)31-23(34)19(22(33)30-25(31)36)12-14-2-9-18(10-3-14)40-21-11-6-16(26(27,28)29)13-20(21)32(37)38/h2-13H,1H3,(H,30,33,36)/b19-12+. The number of hydrogen-bond donors (Lipinski definition) is 1. The second-order valence-corrected chi connectivity index (χ2v) is 8.10. The van der Waals surface area contributed by atoms with Crippen LogP contribution in [0.5, 0.6) is 11.5 Å². The number of nitro groups is 1. The molecule has 204 valence electrons. The summed E-state index contributed by atoms with van der Waals surface area (Å²) >= 11 is 0. The molecule has 0 aromatic heterocycles. The molecule has 0 atom stereocenters. The maximum absolute atomic E-state index is 13.0. The quantitative estimate of drug-likeness (QED) is 0.149. The van der Waals surface area contributed by atoms with Crippen molar-refractivity contribution in [2.45, 2.75) is 6.18 Å². The smallest absolute Gasteiger partial charge is 0.416 e. The number of hydrogen-bond acceptors (Lipinski definition) is 8. The van der Waals surface area contributed by atoms with Crippen LogP contribution in [0.25, 0.3) is 6.08 Å². The number of nitrogens with zero attached hydrogens (tertiary/aromatic N) is 2. The van der Waals surface area contributed by atoms with Crippen molar-refractivity contribution >= 4 is 41.3 Å². The lowest BCUT2D eigenvalue weighted by Crippen LogP contribution is -2.54. The molecule has 0 unspecified atom stereocenters. The van der Waals surface area contributed by atoms with Crippen LogP contribution in [0.15, 0.2) is 72.3 Å². The minimum Gasteiger partial charge on any atom is -0.465 e. The Labute approximate surface area is 222 Å². The second-order valence-electron chi connectivity index (χ2n) is 8.10. The van der Waals surface area contributed by atoms with E-state index in [1.807, 2.05) is 0 Å². The van der Waals surface area contributed by atoms with Gasteiger partial charge >= 0.3 is 23.9 Å². The predicted octanol–water partition coefficient (Wildman–Crippen LogP) is 4.86. The number of imide groups is 2. The monoisotopic (exact) mass is 555 g/mol. The summed E-state index contributed by atoms with van der Waals surface area (Å²) < 4.78 is 48.8. The van der Waals surface area contributed by atoms with Gasteiger partial charge in [0.05, 0.1) is 28.8 Å². The lowest BCUT2D eigenvalue weighted by Gasteiger charge is -2.26. The Bertz CT molecular complexity index is 1570. The number of nitro benzene ring substituents is 1. The highest BCUT2D eigenvalue weighted by Gasteiger charge is 2.37. The molecule has 11 nitrogen and oxygen atoms in total. The van der Waals surface area contributed by atoms with E-state index in [-0.39, 0.29) is 17.0 Å². The van der Waals surface area contributed by atoms with Crippen LogP contribution in [0.2, 0.25) is 0 Å². The summed E-state index contributed by atoms with van der Waals surface area (Å²) in [7, 11) is 1.19. The van der Waals surface area contributed by atoms with Crippen molar-refractivity contribution in [2.24, 2.45) is 0 Å². The first kappa shape index (κ1) is 27.5. The first-order valence-electron chi connectivity index (χ1n) is 11.1. The van der Waals surface area contributed by atoms with Crippen LogP contribution < -0.4 is 15.0 Å². The zero-order valence-electron chi connectivity index (χ0n) is 20.2. The maximum atomic E-state index is 13.0. The highest BCUT2D eigenvalue weighted by atomic mass is 19.4. The van der Waals surface area contributed by atoms with E-state index >= 15 is 0 Å². The lowest BCUT2D eigenvalue weighted by atomic mass is 10.1. The Hall–Kier alpha value is -5.53. The van der Waals surface area contributed by atoms with Gasteiger partial charge in [-0.15, -0.1) is 0 Å². The predicted molar refractivity (Wildman–Crippen MR) is 131 cm³/mol. The van der Waals surface area contributed by atoms with Gasteiger partial charge in [-0.3, -0.25) is 25.0 Å². The molecule has 0 radical (unpaired) electrons. The number of barbiturate groups is 1. The number of nitrogens with one attached hydrogen (secondary N) is 1. The van der Waals surface area contributed by atoms with Crippen LogP contribution >= 0.6 is 0 Å². The van der Waals surface area contributed by atoms with E-state index in [1.165, 1.54) is 61.7 Å². The van der Waals surface area contributed by atoms with E-state index in [0.717, 1.165) is 6.07 Å².